The van der Waals surface area contributed by atoms with E-state index < -0.39 is 0 Å². The van der Waals surface area contributed by atoms with Crippen LogP contribution in [0.1, 0.15) is 13.8 Å². The van der Waals surface area contributed by atoms with E-state index in [-0.39, 0.29) is 3.42 Å². The predicted molar refractivity (Wildman–Crippen MR) is 60.7 cm³/mol. The van der Waals surface area contributed by atoms with Gasteiger partial charge < -0.3 is 0 Å². The SMILES string of the molecule is CC1=CC(C)(I)C=c2nn[nH]c2=C1. The minimum atomic E-state index is 0.0282. The lowest BCUT2D eigenvalue weighted by atomic mass is 10.1. The van der Waals surface area contributed by atoms with Crippen LogP contribution in [0, 0.1) is 0 Å². The summed E-state index contributed by atoms with van der Waals surface area (Å²) in [6.07, 6.45) is 6.39. The highest BCUT2D eigenvalue weighted by molar-refractivity contribution is 14.1. The van der Waals surface area contributed by atoms with Crippen molar-refractivity contribution >= 4 is 34.7 Å². The largest absolute Gasteiger partial charge is 0.258 e. The van der Waals surface area contributed by atoms with Crippen LogP contribution in [0.2, 0.25) is 0 Å². The van der Waals surface area contributed by atoms with Crippen LogP contribution in [0.4, 0.5) is 0 Å². The molecule has 0 spiro atoms. The van der Waals surface area contributed by atoms with Gasteiger partial charge in [0.1, 0.15) is 5.35 Å². The Bertz CT molecular complexity index is 467. The molecule has 1 aliphatic rings. The summed E-state index contributed by atoms with van der Waals surface area (Å²) in [5, 5.41) is 12.6. The first-order valence-electron chi connectivity index (χ1n) is 4.07. The molecule has 1 unspecified atom stereocenters. The summed E-state index contributed by atoms with van der Waals surface area (Å²) >= 11 is 2.39. The smallest absolute Gasteiger partial charge is 0.110 e. The normalized spacial score (nSPS) is 26.5. The van der Waals surface area contributed by atoms with Crippen LogP contribution in [0.15, 0.2) is 11.6 Å². The molecule has 4 heteroatoms. The third-order valence-corrected chi connectivity index (χ3v) is 2.53. The number of hydrogen-bond donors (Lipinski definition) is 1. The summed E-state index contributed by atoms with van der Waals surface area (Å²) in [5.41, 5.74) is 1.23. The van der Waals surface area contributed by atoms with Crippen molar-refractivity contribution in [1.82, 2.24) is 15.4 Å². The molecule has 0 saturated heterocycles. The Hall–Kier alpha value is -0.650. The number of halogens is 1. The van der Waals surface area contributed by atoms with Crippen molar-refractivity contribution in [2.75, 3.05) is 0 Å². The topological polar surface area (TPSA) is 41.6 Å². The number of aromatic amines is 1. The third-order valence-electron chi connectivity index (χ3n) is 1.90. The van der Waals surface area contributed by atoms with Crippen LogP contribution in [-0.4, -0.2) is 18.8 Å². The van der Waals surface area contributed by atoms with E-state index in [1.54, 1.807) is 0 Å². The van der Waals surface area contributed by atoms with E-state index >= 15 is 0 Å². The molecule has 0 fully saturated rings. The van der Waals surface area contributed by atoms with Crippen molar-refractivity contribution in [3.05, 3.63) is 22.3 Å². The first-order chi connectivity index (χ1) is 6.07. The number of allylic oxidation sites excluding steroid dienone is 2. The molecule has 0 radical (unpaired) electrons. The molecule has 1 aromatic rings. The fourth-order valence-corrected chi connectivity index (χ4v) is 2.27. The molecule has 1 atom stereocenters. The minimum absolute atomic E-state index is 0.0282. The fraction of sp³-hybridized carbons (Fsp3) is 0.333. The summed E-state index contributed by atoms with van der Waals surface area (Å²) in [6.45, 7) is 4.23. The highest BCUT2D eigenvalue weighted by Crippen LogP contribution is 2.24. The maximum absolute atomic E-state index is 4.02. The Labute approximate surface area is 89.8 Å². The number of rotatable bonds is 0. The lowest BCUT2D eigenvalue weighted by molar-refractivity contribution is 0.922. The van der Waals surface area contributed by atoms with Gasteiger partial charge in [-0.3, -0.25) is 5.10 Å². The molecule has 0 aliphatic heterocycles. The molecule has 0 saturated carbocycles. The maximum atomic E-state index is 4.02. The number of fused-ring (bicyclic) bond motifs is 1. The standard InChI is InChI=1S/C9H10IN3/c1-6-3-7-8(12-13-11-7)5-9(2,10)4-6/h3-5H,1-2H3,(H,11,12). The molecule has 0 amide bonds. The number of alkyl halides is 1. The van der Waals surface area contributed by atoms with Gasteiger partial charge in [0.15, 0.2) is 0 Å². The van der Waals surface area contributed by atoms with E-state index in [4.69, 9.17) is 0 Å². The van der Waals surface area contributed by atoms with E-state index in [9.17, 15) is 0 Å². The zero-order chi connectivity index (χ0) is 9.47. The lowest BCUT2D eigenvalue weighted by Crippen LogP contribution is -2.26. The Kier molecular flexibility index (Phi) is 2.02. The number of nitrogens with zero attached hydrogens (tertiary/aromatic N) is 2. The van der Waals surface area contributed by atoms with Gasteiger partial charge in [-0.05, 0) is 26.0 Å². The average molecular weight is 287 g/mol. The Morgan fingerprint density at radius 2 is 2.23 bits per heavy atom. The summed E-state index contributed by atoms with van der Waals surface area (Å²) in [7, 11) is 0. The maximum Gasteiger partial charge on any atom is 0.110 e. The van der Waals surface area contributed by atoms with E-state index in [0.717, 1.165) is 10.7 Å². The number of H-pyrrole nitrogens is 1. The lowest BCUT2D eigenvalue weighted by Gasteiger charge is -2.10. The minimum Gasteiger partial charge on any atom is -0.258 e. The van der Waals surface area contributed by atoms with Gasteiger partial charge in [-0.15, -0.1) is 5.10 Å². The van der Waals surface area contributed by atoms with Crippen LogP contribution in [0.25, 0.3) is 12.2 Å². The second-order valence-electron chi connectivity index (χ2n) is 3.44. The number of aromatic nitrogens is 3. The molecule has 1 aromatic heterocycles. The van der Waals surface area contributed by atoms with Gasteiger partial charge in [-0.1, -0.05) is 39.5 Å². The van der Waals surface area contributed by atoms with Crippen molar-refractivity contribution in [3.63, 3.8) is 0 Å². The summed E-state index contributed by atoms with van der Waals surface area (Å²) in [4.78, 5) is 0. The fourth-order valence-electron chi connectivity index (χ4n) is 1.48. The first kappa shape index (κ1) is 8.93. The molecule has 13 heavy (non-hydrogen) atoms. The van der Waals surface area contributed by atoms with Crippen molar-refractivity contribution < 1.29 is 0 Å². The van der Waals surface area contributed by atoms with E-state index in [2.05, 4.69) is 70.1 Å². The van der Waals surface area contributed by atoms with Gasteiger partial charge in [0.2, 0.25) is 0 Å². The van der Waals surface area contributed by atoms with Crippen LogP contribution in [0.3, 0.4) is 0 Å². The monoisotopic (exact) mass is 287 g/mol. The second-order valence-corrected chi connectivity index (χ2v) is 5.76. The van der Waals surface area contributed by atoms with Crippen LogP contribution in [-0.2, 0) is 0 Å². The Morgan fingerprint density at radius 1 is 1.46 bits per heavy atom. The first-order valence-corrected chi connectivity index (χ1v) is 5.15. The van der Waals surface area contributed by atoms with Gasteiger partial charge in [-0.2, -0.15) is 0 Å². The van der Waals surface area contributed by atoms with Gasteiger partial charge in [0.25, 0.3) is 0 Å². The molecule has 1 heterocycles. The molecular weight excluding hydrogens is 277 g/mol. The summed E-state index contributed by atoms with van der Waals surface area (Å²) in [6, 6.07) is 0. The summed E-state index contributed by atoms with van der Waals surface area (Å²) < 4.78 is 0.0282. The molecule has 3 nitrogen and oxygen atoms in total. The Balaban J connectivity index is 2.78. The summed E-state index contributed by atoms with van der Waals surface area (Å²) in [5.74, 6) is 0. The van der Waals surface area contributed by atoms with Crippen molar-refractivity contribution in [1.29, 1.82) is 0 Å². The van der Waals surface area contributed by atoms with Gasteiger partial charge in [-0.25, -0.2) is 0 Å². The number of nitrogens with one attached hydrogen (secondary N) is 1. The third kappa shape index (κ3) is 1.82. The average Bonchev–Trinajstić information content (AvgIpc) is 2.30. The van der Waals surface area contributed by atoms with E-state index in [1.165, 1.54) is 5.57 Å². The van der Waals surface area contributed by atoms with Crippen LogP contribution in [0.5, 0.6) is 0 Å². The van der Waals surface area contributed by atoms with Crippen molar-refractivity contribution in [2.24, 2.45) is 0 Å². The van der Waals surface area contributed by atoms with Crippen LogP contribution < -0.4 is 10.7 Å². The molecule has 1 N–H and O–H groups in total. The molecule has 1 aliphatic carbocycles. The second kappa shape index (κ2) is 2.94. The van der Waals surface area contributed by atoms with Crippen LogP contribution >= 0.6 is 22.6 Å². The quantitative estimate of drug-likeness (QED) is 0.558. The molecule has 2 rings (SSSR count). The molecule has 0 bridgehead atoms. The highest BCUT2D eigenvalue weighted by atomic mass is 127. The van der Waals surface area contributed by atoms with Gasteiger partial charge in [0.05, 0.1) is 8.77 Å². The number of hydrogen-bond acceptors (Lipinski definition) is 2. The van der Waals surface area contributed by atoms with Gasteiger partial charge >= 0.3 is 0 Å². The van der Waals surface area contributed by atoms with Crippen molar-refractivity contribution in [2.45, 2.75) is 17.3 Å². The zero-order valence-corrected chi connectivity index (χ0v) is 9.66. The zero-order valence-electron chi connectivity index (χ0n) is 7.50. The highest BCUT2D eigenvalue weighted by Gasteiger charge is 2.15. The van der Waals surface area contributed by atoms with E-state index in [0.29, 0.717) is 0 Å². The predicted octanol–water partition coefficient (Wildman–Crippen LogP) is 0.519. The molecule has 0 aromatic carbocycles. The molecular formula is C9H10IN3. The van der Waals surface area contributed by atoms with Gasteiger partial charge in [0, 0.05) is 0 Å². The van der Waals surface area contributed by atoms with E-state index in [1.807, 2.05) is 0 Å². The molecule has 68 valence electrons. The Morgan fingerprint density at radius 3 is 3.00 bits per heavy atom. The van der Waals surface area contributed by atoms with Crippen molar-refractivity contribution in [3.8, 4) is 0 Å².